The lowest BCUT2D eigenvalue weighted by atomic mass is 10.2. The number of anilines is 1. The molecule has 6 heteroatoms. The fourth-order valence-electron chi connectivity index (χ4n) is 3.10. The van der Waals surface area contributed by atoms with Crippen molar-refractivity contribution < 1.29 is 19.1 Å². The van der Waals surface area contributed by atoms with E-state index in [9.17, 15) is 9.59 Å². The van der Waals surface area contributed by atoms with E-state index in [1.54, 1.807) is 12.0 Å². The van der Waals surface area contributed by atoms with Crippen LogP contribution in [0.15, 0.2) is 54.6 Å². The van der Waals surface area contributed by atoms with Crippen LogP contribution in [-0.4, -0.2) is 38.1 Å². The average molecular weight is 368 g/mol. The van der Waals surface area contributed by atoms with Gasteiger partial charge in [-0.1, -0.05) is 18.2 Å². The van der Waals surface area contributed by atoms with Gasteiger partial charge in [0.25, 0.3) is 0 Å². The van der Waals surface area contributed by atoms with Gasteiger partial charge in [-0.25, -0.2) is 0 Å². The molecule has 0 radical (unpaired) electrons. The molecular weight excluding hydrogens is 344 g/mol. The van der Waals surface area contributed by atoms with Crippen LogP contribution in [0.2, 0.25) is 0 Å². The van der Waals surface area contributed by atoms with Gasteiger partial charge in [0, 0.05) is 32.4 Å². The fourth-order valence-corrected chi connectivity index (χ4v) is 3.10. The van der Waals surface area contributed by atoms with Gasteiger partial charge in [0.2, 0.25) is 11.8 Å². The quantitative estimate of drug-likeness (QED) is 0.727. The first-order chi connectivity index (χ1) is 13.2. The summed E-state index contributed by atoms with van der Waals surface area (Å²) in [7, 11) is 1.63. The Balaban J connectivity index is 1.65. The van der Waals surface area contributed by atoms with Crippen molar-refractivity contribution in [3.63, 3.8) is 0 Å². The Morgan fingerprint density at radius 3 is 2.52 bits per heavy atom. The van der Waals surface area contributed by atoms with Gasteiger partial charge in [0.05, 0.1) is 0 Å². The average Bonchev–Trinajstić information content (AvgIpc) is 3.08. The van der Waals surface area contributed by atoms with E-state index in [1.165, 1.54) is 0 Å². The van der Waals surface area contributed by atoms with Gasteiger partial charge in [-0.15, -0.1) is 0 Å². The van der Waals surface area contributed by atoms with Crippen molar-refractivity contribution in [1.82, 2.24) is 5.32 Å². The van der Waals surface area contributed by atoms with E-state index in [0.29, 0.717) is 37.4 Å². The molecule has 1 N–H and O–H groups in total. The molecule has 142 valence electrons. The molecule has 0 bridgehead atoms. The number of hydrogen-bond donors (Lipinski definition) is 1. The molecule has 0 aromatic heterocycles. The summed E-state index contributed by atoms with van der Waals surface area (Å²) in [5.74, 6) is 1.26. The first kappa shape index (κ1) is 18.9. The summed E-state index contributed by atoms with van der Waals surface area (Å²) >= 11 is 0. The lowest BCUT2D eigenvalue weighted by molar-refractivity contribution is -0.123. The van der Waals surface area contributed by atoms with Crippen LogP contribution in [0.3, 0.4) is 0 Å². The predicted molar refractivity (Wildman–Crippen MR) is 103 cm³/mol. The molecule has 3 rings (SSSR count). The smallest absolute Gasteiger partial charge is 0.243 e. The number of carbonyl (C=O) groups excluding carboxylic acids is 2. The van der Waals surface area contributed by atoms with Crippen LogP contribution >= 0.6 is 0 Å². The summed E-state index contributed by atoms with van der Waals surface area (Å²) in [6.07, 6.45) is 1.64. The van der Waals surface area contributed by atoms with E-state index >= 15 is 0 Å². The van der Waals surface area contributed by atoms with E-state index in [-0.39, 0.29) is 11.8 Å². The standard InChI is InChI=1S/C21H24N2O4/c1-26-15-5-14-22-21(25)19-12-13-20(24)23(19)16-8-10-18(11-9-16)27-17-6-3-2-4-7-17/h2-4,6-11,19H,5,12-15H2,1H3,(H,22,25). The van der Waals surface area contributed by atoms with Crippen LogP contribution in [0.25, 0.3) is 0 Å². The second-order valence-corrected chi connectivity index (χ2v) is 6.36. The van der Waals surface area contributed by atoms with Gasteiger partial charge in [0.1, 0.15) is 17.5 Å². The Kier molecular flexibility index (Phi) is 6.44. The zero-order chi connectivity index (χ0) is 19.1. The number of nitrogens with one attached hydrogen (secondary N) is 1. The van der Waals surface area contributed by atoms with E-state index in [4.69, 9.17) is 9.47 Å². The molecule has 1 aliphatic rings. The van der Waals surface area contributed by atoms with Crippen molar-refractivity contribution in [1.29, 1.82) is 0 Å². The highest BCUT2D eigenvalue weighted by Crippen LogP contribution is 2.29. The van der Waals surface area contributed by atoms with Crippen LogP contribution < -0.4 is 15.0 Å². The van der Waals surface area contributed by atoms with Crippen molar-refractivity contribution in [2.45, 2.75) is 25.3 Å². The molecule has 0 saturated carbocycles. The topological polar surface area (TPSA) is 67.9 Å². The molecule has 1 unspecified atom stereocenters. The number of benzene rings is 2. The molecule has 0 aliphatic carbocycles. The monoisotopic (exact) mass is 368 g/mol. The Hall–Kier alpha value is -2.86. The normalized spacial score (nSPS) is 16.4. The molecule has 1 heterocycles. The van der Waals surface area contributed by atoms with Gasteiger partial charge in [0.15, 0.2) is 0 Å². The third-order valence-electron chi connectivity index (χ3n) is 4.43. The minimum absolute atomic E-state index is 0.0382. The molecule has 2 aromatic carbocycles. The fraction of sp³-hybridized carbons (Fsp3) is 0.333. The Morgan fingerprint density at radius 2 is 1.81 bits per heavy atom. The molecule has 0 spiro atoms. The van der Waals surface area contributed by atoms with Gasteiger partial charge >= 0.3 is 0 Å². The molecular formula is C21H24N2O4. The van der Waals surface area contributed by atoms with Gasteiger partial charge in [-0.2, -0.15) is 0 Å². The molecule has 1 saturated heterocycles. The number of amides is 2. The number of methoxy groups -OCH3 is 1. The van der Waals surface area contributed by atoms with Crippen LogP contribution in [-0.2, 0) is 14.3 Å². The molecule has 6 nitrogen and oxygen atoms in total. The maximum Gasteiger partial charge on any atom is 0.243 e. The highest BCUT2D eigenvalue weighted by Gasteiger charge is 2.36. The largest absolute Gasteiger partial charge is 0.457 e. The van der Waals surface area contributed by atoms with E-state index in [0.717, 1.165) is 12.2 Å². The highest BCUT2D eigenvalue weighted by molar-refractivity contribution is 6.03. The third kappa shape index (κ3) is 4.86. The molecule has 27 heavy (non-hydrogen) atoms. The Morgan fingerprint density at radius 1 is 1.11 bits per heavy atom. The zero-order valence-corrected chi connectivity index (χ0v) is 15.4. The van der Waals surface area contributed by atoms with E-state index in [1.807, 2.05) is 54.6 Å². The molecule has 1 aliphatic heterocycles. The van der Waals surface area contributed by atoms with Crippen molar-refractivity contribution in [2.75, 3.05) is 25.2 Å². The number of carbonyl (C=O) groups is 2. The molecule has 2 aromatic rings. The number of ether oxygens (including phenoxy) is 2. The summed E-state index contributed by atoms with van der Waals surface area (Å²) < 4.78 is 10.8. The lowest BCUT2D eigenvalue weighted by Crippen LogP contribution is -2.45. The van der Waals surface area contributed by atoms with E-state index in [2.05, 4.69) is 5.32 Å². The maximum atomic E-state index is 12.5. The van der Waals surface area contributed by atoms with Gasteiger partial charge < -0.3 is 14.8 Å². The summed E-state index contributed by atoms with van der Waals surface area (Å²) in [5, 5.41) is 2.89. The third-order valence-corrected chi connectivity index (χ3v) is 4.43. The van der Waals surface area contributed by atoms with Crippen molar-refractivity contribution >= 4 is 17.5 Å². The number of nitrogens with zero attached hydrogens (tertiary/aromatic N) is 1. The summed E-state index contributed by atoms with van der Waals surface area (Å²) in [6.45, 7) is 1.13. The van der Waals surface area contributed by atoms with Crippen molar-refractivity contribution in [3.8, 4) is 11.5 Å². The summed E-state index contributed by atoms with van der Waals surface area (Å²) in [4.78, 5) is 26.4. The second kappa shape index (κ2) is 9.19. The van der Waals surface area contributed by atoms with Crippen molar-refractivity contribution in [3.05, 3.63) is 54.6 Å². The predicted octanol–water partition coefficient (Wildman–Crippen LogP) is 3.13. The highest BCUT2D eigenvalue weighted by atomic mass is 16.5. The minimum Gasteiger partial charge on any atom is -0.457 e. The summed E-state index contributed by atoms with van der Waals surface area (Å²) in [6, 6.07) is 16.3. The Labute approximate surface area is 159 Å². The lowest BCUT2D eigenvalue weighted by Gasteiger charge is -2.24. The second-order valence-electron chi connectivity index (χ2n) is 6.36. The van der Waals surface area contributed by atoms with Crippen LogP contribution in [0.4, 0.5) is 5.69 Å². The molecule has 1 fully saturated rings. The number of hydrogen-bond acceptors (Lipinski definition) is 4. The first-order valence-corrected chi connectivity index (χ1v) is 9.10. The first-order valence-electron chi connectivity index (χ1n) is 9.10. The van der Waals surface area contributed by atoms with Gasteiger partial charge in [-0.3, -0.25) is 14.5 Å². The van der Waals surface area contributed by atoms with Crippen LogP contribution in [0.5, 0.6) is 11.5 Å². The number of rotatable bonds is 8. The van der Waals surface area contributed by atoms with Crippen LogP contribution in [0, 0.1) is 0 Å². The SMILES string of the molecule is COCCCNC(=O)C1CCC(=O)N1c1ccc(Oc2ccccc2)cc1. The maximum absolute atomic E-state index is 12.5. The minimum atomic E-state index is -0.471. The van der Waals surface area contributed by atoms with Crippen LogP contribution in [0.1, 0.15) is 19.3 Å². The van der Waals surface area contributed by atoms with Gasteiger partial charge in [-0.05, 0) is 49.2 Å². The molecule has 2 amide bonds. The Bertz CT molecular complexity index is 762. The molecule has 1 atom stereocenters. The van der Waals surface area contributed by atoms with Crippen molar-refractivity contribution in [2.24, 2.45) is 0 Å². The summed E-state index contributed by atoms with van der Waals surface area (Å²) in [5.41, 5.74) is 0.704. The van der Waals surface area contributed by atoms with E-state index < -0.39 is 6.04 Å². The zero-order valence-electron chi connectivity index (χ0n) is 15.4. The number of para-hydroxylation sites is 1.